The predicted molar refractivity (Wildman–Crippen MR) is 69.4 cm³/mol. The smallest absolute Gasteiger partial charge is 0.155 e. The summed E-state index contributed by atoms with van der Waals surface area (Å²) in [5.74, 6) is 0.828. The van der Waals surface area contributed by atoms with E-state index in [2.05, 4.69) is 27.2 Å². The van der Waals surface area contributed by atoms with Gasteiger partial charge in [0.15, 0.2) is 5.15 Å². The summed E-state index contributed by atoms with van der Waals surface area (Å²) in [5.41, 5.74) is 3.07. The third-order valence-corrected chi connectivity index (χ3v) is 3.11. The van der Waals surface area contributed by atoms with Crippen molar-refractivity contribution in [2.45, 2.75) is 33.4 Å². The normalized spacial score (nSPS) is 11.4. The average Bonchev–Trinajstić information content (AvgIpc) is 2.87. The topological polar surface area (TPSA) is 58.0 Å². The molecule has 0 saturated heterocycles. The number of halogens is 1. The summed E-state index contributed by atoms with van der Waals surface area (Å²) in [7, 11) is 2.02. The summed E-state index contributed by atoms with van der Waals surface area (Å²) in [6.45, 7) is 5.43. The Labute approximate surface area is 111 Å². The van der Waals surface area contributed by atoms with Crippen molar-refractivity contribution in [2.24, 2.45) is 0 Å². The van der Waals surface area contributed by atoms with Crippen LogP contribution in [0.15, 0.2) is 10.6 Å². The number of hydrogen-bond donors (Lipinski definition) is 1. The molecule has 0 bridgehead atoms. The van der Waals surface area contributed by atoms with Crippen molar-refractivity contribution < 1.29 is 4.52 Å². The van der Waals surface area contributed by atoms with Gasteiger partial charge in [-0.1, -0.05) is 23.7 Å². The highest BCUT2D eigenvalue weighted by Gasteiger charge is 2.13. The number of nitrogens with one attached hydrogen (secondary N) is 1. The van der Waals surface area contributed by atoms with E-state index in [4.69, 9.17) is 16.1 Å². The van der Waals surface area contributed by atoms with Crippen LogP contribution >= 0.6 is 11.6 Å². The third kappa shape index (κ3) is 2.91. The van der Waals surface area contributed by atoms with Gasteiger partial charge in [-0.3, -0.25) is 10.00 Å². The van der Waals surface area contributed by atoms with Crippen LogP contribution < -0.4 is 0 Å². The molecule has 0 aliphatic rings. The van der Waals surface area contributed by atoms with Gasteiger partial charge in [-0.2, -0.15) is 5.10 Å². The van der Waals surface area contributed by atoms with Crippen molar-refractivity contribution in [3.63, 3.8) is 0 Å². The molecule has 0 spiro atoms. The lowest BCUT2D eigenvalue weighted by atomic mass is 10.2. The van der Waals surface area contributed by atoms with Gasteiger partial charge < -0.3 is 4.52 Å². The van der Waals surface area contributed by atoms with Crippen LogP contribution in [0.3, 0.4) is 0 Å². The standard InChI is InChI=1S/C12H17ClN4O/c1-4-11-10(12(13)15-14-11)7-17(3)6-9-5-8(2)18-16-9/h5H,4,6-7H2,1-3H3,(H,14,15). The largest absolute Gasteiger partial charge is 0.361 e. The summed E-state index contributed by atoms with van der Waals surface area (Å²) < 4.78 is 5.05. The minimum Gasteiger partial charge on any atom is -0.361 e. The minimum atomic E-state index is 0.551. The monoisotopic (exact) mass is 268 g/mol. The van der Waals surface area contributed by atoms with Crippen molar-refractivity contribution in [1.82, 2.24) is 20.3 Å². The Morgan fingerprint density at radius 1 is 1.44 bits per heavy atom. The Bertz CT molecular complexity index is 520. The van der Waals surface area contributed by atoms with E-state index in [-0.39, 0.29) is 0 Å². The van der Waals surface area contributed by atoms with Crippen molar-refractivity contribution in [3.8, 4) is 0 Å². The zero-order valence-corrected chi connectivity index (χ0v) is 11.6. The van der Waals surface area contributed by atoms with Gasteiger partial charge in [-0.25, -0.2) is 0 Å². The molecule has 2 heterocycles. The van der Waals surface area contributed by atoms with E-state index in [9.17, 15) is 0 Å². The molecule has 0 radical (unpaired) electrons. The first-order valence-corrected chi connectivity index (χ1v) is 6.30. The fraction of sp³-hybridized carbons (Fsp3) is 0.500. The van der Waals surface area contributed by atoms with Crippen molar-refractivity contribution >= 4 is 11.6 Å². The van der Waals surface area contributed by atoms with Gasteiger partial charge in [-0.15, -0.1) is 0 Å². The lowest BCUT2D eigenvalue weighted by Crippen LogP contribution is -2.18. The molecule has 0 saturated carbocycles. The summed E-state index contributed by atoms with van der Waals surface area (Å²) in [5, 5.41) is 11.5. The van der Waals surface area contributed by atoms with Crippen LogP contribution in [0.1, 0.15) is 29.6 Å². The number of aromatic nitrogens is 3. The Hall–Kier alpha value is -1.33. The Morgan fingerprint density at radius 3 is 2.83 bits per heavy atom. The van der Waals surface area contributed by atoms with Crippen molar-refractivity contribution in [1.29, 1.82) is 0 Å². The van der Waals surface area contributed by atoms with Crippen LogP contribution in [0, 0.1) is 6.92 Å². The molecule has 2 aromatic heterocycles. The van der Waals surface area contributed by atoms with Crippen LogP contribution in [0.5, 0.6) is 0 Å². The highest BCUT2D eigenvalue weighted by molar-refractivity contribution is 6.30. The maximum atomic E-state index is 6.07. The SMILES string of the molecule is CCc1[nH]nc(Cl)c1CN(C)Cc1cc(C)on1. The fourth-order valence-corrected chi connectivity index (χ4v) is 2.14. The summed E-state index contributed by atoms with van der Waals surface area (Å²) >= 11 is 6.07. The highest BCUT2D eigenvalue weighted by atomic mass is 35.5. The van der Waals surface area contributed by atoms with Crippen LogP contribution in [0.4, 0.5) is 0 Å². The molecule has 0 aromatic carbocycles. The van der Waals surface area contributed by atoms with E-state index in [0.29, 0.717) is 5.15 Å². The van der Waals surface area contributed by atoms with Gasteiger partial charge in [0.1, 0.15) is 5.76 Å². The quantitative estimate of drug-likeness (QED) is 0.905. The van der Waals surface area contributed by atoms with Crippen LogP contribution in [0.2, 0.25) is 5.15 Å². The van der Waals surface area contributed by atoms with E-state index in [1.807, 2.05) is 20.0 Å². The lowest BCUT2D eigenvalue weighted by molar-refractivity contribution is 0.301. The molecule has 0 amide bonds. The number of aromatic amines is 1. The fourth-order valence-electron chi connectivity index (χ4n) is 1.92. The second-order valence-corrected chi connectivity index (χ2v) is 4.78. The number of H-pyrrole nitrogens is 1. The maximum Gasteiger partial charge on any atom is 0.155 e. The van der Waals surface area contributed by atoms with Gasteiger partial charge in [0, 0.05) is 30.4 Å². The van der Waals surface area contributed by atoms with Gasteiger partial charge in [0.2, 0.25) is 0 Å². The summed E-state index contributed by atoms with van der Waals surface area (Å²) in [6.07, 6.45) is 0.895. The number of rotatable bonds is 5. The lowest BCUT2D eigenvalue weighted by Gasteiger charge is -2.14. The van der Waals surface area contributed by atoms with Crippen LogP contribution in [0.25, 0.3) is 0 Å². The van der Waals surface area contributed by atoms with Crippen molar-refractivity contribution in [2.75, 3.05) is 7.05 Å². The number of hydrogen-bond acceptors (Lipinski definition) is 4. The molecule has 18 heavy (non-hydrogen) atoms. The van der Waals surface area contributed by atoms with Crippen LogP contribution in [-0.4, -0.2) is 27.3 Å². The predicted octanol–water partition coefficient (Wildman–Crippen LogP) is 2.55. The highest BCUT2D eigenvalue weighted by Crippen LogP contribution is 2.19. The van der Waals surface area contributed by atoms with Gasteiger partial charge in [-0.05, 0) is 20.4 Å². The Balaban J connectivity index is 2.02. The van der Waals surface area contributed by atoms with E-state index in [1.165, 1.54) is 0 Å². The summed E-state index contributed by atoms with van der Waals surface area (Å²) in [6, 6.07) is 1.94. The molecule has 2 rings (SSSR count). The van der Waals surface area contributed by atoms with Gasteiger partial charge in [0.05, 0.1) is 5.69 Å². The van der Waals surface area contributed by atoms with E-state index in [1.54, 1.807) is 0 Å². The van der Waals surface area contributed by atoms with Gasteiger partial charge in [0.25, 0.3) is 0 Å². The zero-order chi connectivity index (χ0) is 13.1. The van der Waals surface area contributed by atoms with Crippen molar-refractivity contribution in [3.05, 3.63) is 33.9 Å². The molecule has 0 atom stereocenters. The Morgan fingerprint density at radius 2 is 2.22 bits per heavy atom. The first kappa shape index (κ1) is 13.1. The molecule has 0 fully saturated rings. The van der Waals surface area contributed by atoms with E-state index in [0.717, 1.165) is 42.2 Å². The molecule has 0 unspecified atom stereocenters. The van der Waals surface area contributed by atoms with Gasteiger partial charge >= 0.3 is 0 Å². The first-order chi connectivity index (χ1) is 8.60. The molecule has 1 N–H and O–H groups in total. The zero-order valence-electron chi connectivity index (χ0n) is 10.8. The van der Waals surface area contributed by atoms with Crippen LogP contribution in [-0.2, 0) is 19.5 Å². The molecule has 0 aliphatic heterocycles. The molecule has 6 heteroatoms. The molecule has 98 valence electrons. The number of aryl methyl sites for hydroxylation is 2. The molecule has 2 aromatic rings. The molecular weight excluding hydrogens is 252 g/mol. The minimum absolute atomic E-state index is 0.551. The molecular formula is C12H17ClN4O. The molecule has 0 aliphatic carbocycles. The summed E-state index contributed by atoms with van der Waals surface area (Å²) in [4.78, 5) is 2.13. The van der Waals surface area contributed by atoms with E-state index < -0.39 is 0 Å². The maximum absolute atomic E-state index is 6.07. The third-order valence-electron chi connectivity index (χ3n) is 2.79. The Kier molecular flexibility index (Phi) is 4.04. The van der Waals surface area contributed by atoms with E-state index >= 15 is 0 Å². The second kappa shape index (κ2) is 5.54. The first-order valence-electron chi connectivity index (χ1n) is 5.92. The molecule has 5 nitrogen and oxygen atoms in total. The second-order valence-electron chi connectivity index (χ2n) is 4.43. The average molecular weight is 269 g/mol. The number of nitrogens with zero attached hydrogens (tertiary/aromatic N) is 3.